The topological polar surface area (TPSA) is 85.8 Å². The highest BCUT2D eigenvalue weighted by molar-refractivity contribution is 5.95. The van der Waals surface area contributed by atoms with Crippen molar-refractivity contribution in [3.05, 3.63) is 41.3 Å². The Morgan fingerprint density at radius 1 is 1.27 bits per heavy atom. The van der Waals surface area contributed by atoms with Gasteiger partial charge in [0.05, 0.1) is 23.0 Å². The smallest absolute Gasteiger partial charge is 0.352 e. The maximum Gasteiger partial charge on any atom is 0.417 e. The average molecular weight is 369 g/mol. The third kappa shape index (κ3) is 4.60. The number of halogens is 3. The van der Waals surface area contributed by atoms with Crippen molar-refractivity contribution in [2.24, 2.45) is 5.73 Å². The van der Waals surface area contributed by atoms with Crippen LogP contribution < -0.4 is 11.1 Å². The van der Waals surface area contributed by atoms with Crippen LogP contribution in [0.2, 0.25) is 0 Å². The summed E-state index contributed by atoms with van der Waals surface area (Å²) in [6.45, 7) is 4.81. The molecule has 0 aliphatic carbocycles. The average Bonchev–Trinajstić information content (AvgIpc) is 3.03. The molecule has 0 bridgehead atoms. The van der Waals surface area contributed by atoms with Gasteiger partial charge in [-0.05, 0) is 37.4 Å². The Morgan fingerprint density at radius 3 is 2.54 bits per heavy atom. The van der Waals surface area contributed by atoms with Gasteiger partial charge in [0.1, 0.15) is 0 Å². The highest BCUT2D eigenvalue weighted by Crippen LogP contribution is 2.29. The van der Waals surface area contributed by atoms with Crippen LogP contribution in [0.1, 0.15) is 54.2 Å². The number of nitrogens with two attached hydrogens (primary N) is 1. The Bertz CT molecular complexity index is 738. The van der Waals surface area contributed by atoms with Crippen molar-refractivity contribution >= 4 is 5.91 Å². The minimum Gasteiger partial charge on any atom is -0.352 e. The minimum atomic E-state index is -4.45. The fraction of sp³-hybridized carbons (Fsp3) is 0.471. The molecule has 0 unspecified atom stereocenters. The zero-order chi connectivity index (χ0) is 19.3. The van der Waals surface area contributed by atoms with Gasteiger partial charge in [0, 0.05) is 12.7 Å². The van der Waals surface area contributed by atoms with E-state index in [1.165, 1.54) is 16.9 Å². The molecule has 0 aliphatic heterocycles. The van der Waals surface area contributed by atoms with Crippen LogP contribution in [0.15, 0.2) is 24.5 Å². The van der Waals surface area contributed by atoms with Gasteiger partial charge in [-0.25, -0.2) is 9.67 Å². The van der Waals surface area contributed by atoms with Crippen LogP contribution in [0.5, 0.6) is 0 Å². The Kier molecular flexibility index (Phi) is 6.36. The Balaban J connectivity index is 2.27. The standard InChI is InChI=1S/C17H22F3N5O/c1-11(2)15-13(16(26)22-8-4-3-7-21)10-24-25(15)14-6-5-12(9-23-14)17(18,19)20/h5-6,9-11H,3-4,7-8,21H2,1-2H3,(H,22,26). The summed E-state index contributed by atoms with van der Waals surface area (Å²) in [5.41, 5.74) is 5.56. The van der Waals surface area contributed by atoms with Crippen molar-refractivity contribution in [1.82, 2.24) is 20.1 Å². The molecule has 0 spiro atoms. The second kappa shape index (κ2) is 8.31. The van der Waals surface area contributed by atoms with Crippen molar-refractivity contribution in [2.75, 3.05) is 13.1 Å². The third-order valence-electron chi connectivity index (χ3n) is 3.81. The van der Waals surface area contributed by atoms with Gasteiger partial charge in [0.15, 0.2) is 5.82 Å². The summed E-state index contributed by atoms with van der Waals surface area (Å²) in [6, 6.07) is 2.19. The largest absolute Gasteiger partial charge is 0.417 e. The van der Waals surface area contributed by atoms with Gasteiger partial charge in [0.2, 0.25) is 0 Å². The monoisotopic (exact) mass is 369 g/mol. The summed E-state index contributed by atoms with van der Waals surface area (Å²) >= 11 is 0. The fourth-order valence-electron chi connectivity index (χ4n) is 2.52. The molecule has 2 aromatic rings. The molecule has 1 amide bonds. The second-order valence-electron chi connectivity index (χ2n) is 6.16. The number of rotatable bonds is 7. The number of unbranched alkanes of at least 4 members (excludes halogenated alkanes) is 1. The number of nitrogens with zero attached hydrogens (tertiary/aromatic N) is 3. The van der Waals surface area contributed by atoms with Gasteiger partial charge in [-0.15, -0.1) is 0 Å². The van der Waals surface area contributed by atoms with Crippen molar-refractivity contribution in [3.63, 3.8) is 0 Å². The number of nitrogens with one attached hydrogen (secondary N) is 1. The van der Waals surface area contributed by atoms with E-state index in [0.29, 0.717) is 24.3 Å². The van der Waals surface area contributed by atoms with Gasteiger partial charge in [-0.2, -0.15) is 18.3 Å². The van der Waals surface area contributed by atoms with E-state index >= 15 is 0 Å². The Hall–Kier alpha value is -2.42. The van der Waals surface area contributed by atoms with Gasteiger partial charge in [-0.1, -0.05) is 13.8 Å². The lowest BCUT2D eigenvalue weighted by atomic mass is 10.1. The van der Waals surface area contributed by atoms with E-state index in [1.54, 1.807) is 0 Å². The highest BCUT2D eigenvalue weighted by Gasteiger charge is 2.31. The lowest BCUT2D eigenvalue weighted by Gasteiger charge is -2.13. The molecule has 3 N–H and O–H groups in total. The van der Waals surface area contributed by atoms with Crippen LogP contribution >= 0.6 is 0 Å². The van der Waals surface area contributed by atoms with E-state index in [9.17, 15) is 18.0 Å². The lowest BCUT2D eigenvalue weighted by Crippen LogP contribution is -2.26. The summed E-state index contributed by atoms with van der Waals surface area (Å²) < 4.78 is 39.5. The second-order valence-corrected chi connectivity index (χ2v) is 6.16. The molecule has 2 heterocycles. The van der Waals surface area contributed by atoms with Crippen LogP contribution in [-0.4, -0.2) is 33.8 Å². The van der Waals surface area contributed by atoms with Crippen molar-refractivity contribution < 1.29 is 18.0 Å². The number of carbonyl (C=O) groups excluding carboxylic acids is 1. The fourth-order valence-corrected chi connectivity index (χ4v) is 2.52. The number of aromatic nitrogens is 3. The van der Waals surface area contributed by atoms with Crippen molar-refractivity contribution in [2.45, 2.75) is 38.8 Å². The molecular weight excluding hydrogens is 347 g/mol. The molecule has 0 saturated carbocycles. The first-order chi connectivity index (χ1) is 12.3. The normalized spacial score (nSPS) is 11.8. The van der Waals surface area contributed by atoms with Crippen molar-refractivity contribution in [3.8, 4) is 5.82 Å². The summed E-state index contributed by atoms with van der Waals surface area (Å²) in [5, 5.41) is 6.96. The first kappa shape index (κ1) is 19.9. The molecule has 26 heavy (non-hydrogen) atoms. The maximum atomic E-state index is 12.7. The molecule has 142 valence electrons. The molecule has 0 atom stereocenters. The Morgan fingerprint density at radius 2 is 2.00 bits per heavy atom. The predicted molar refractivity (Wildman–Crippen MR) is 91.1 cm³/mol. The van der Waals surface area contributed by atoms with E-state index in [-0.39, 0.29) is 17.6 Å². The van der Waals surface area contributed by atoms with Gasteiger partial charge in [-0.3, -0.25) is 4.79 Å². The zero-order valence-corrected chi connectivity index (χ0v) is 14.7. The highest BCUT2D eigenvalue weighted by atomic mass is 19.4. The number of carbonyl (C=O) groups is 1. The summed E-state index contributed by atoms with van der Waals surface area (Å²) in [7, 11) is 0. The lowest BCUT2D eigenvalue weighted by molar-refractivity contribution is -0.137. The predicted octanol–water partition coefficient (Wildman–Crippen LogP) is 2.88. The van der Waals surface area contributed by atoms with Crippen LogP contribution in [0, 0.1) is 0 Å². The molecule has 0 radical (unpaired) electrons. The van der Waals surface area contributed by atoms with E-state index in [2.05, 4.69) is 15.4 Å². The Labute approximate surface area is 149 Å². The van der Waals surface area contributed by atoms with Gasteiger partial charge in [0.25, 0.3) is 5.91 Å². The van der Waals surface area contributed by atoms with Crippen LogP contribution in [0.4, 0.5) is 13.2 Å². The molecule has 0 aromatic carbocycles. The number of amides is 1. The minimum absolute atomic E-state index is 0.0774. The molecule has 9 heteroatoms. The van der Waals surface area contributed by atoms with Crippen LogP contribution in [0.3, 0.4) is 0 Å². The number of pyridine rings is 1. The molecule has 0 fully saturated rings. The van der Waals surface area contributed by atoms with Gasteiger partial charge >= 0.3 is 6.18 Å². The quantitative estimate of drug-likeness (QED) is 0.735. The third-order valence-corrected chi connectivity index (χ3v) is 3.81. The van der Waals surface area contributed by atoms with E-state index in [1.807, 2.05) is 13.8 Å². The van der Waals surface area contributed by atoms with E-state index in [4.69, 9.17) is 5.73 Å². The first-order valence-electron chi connectivity index (χ1n) is 8.35. The molecule has 2 rings (SSSR count). The molecular formula is C17H22F3N5O. The number of hydrogen-bond donors (Lipinski definition) is 2. The van der Waals surface area contributed by atoms with E-state index < -0.39 is 11.7 Å². The van der Waals surface area contributed by atoms with Gasteiger partial charge < -0.3 is 11.1 Å². The van der Waals surface area contributed by atoms with Crippen molar-refractivity contribution in [1.29, 1.82) is 0 Å². The molecule has 2 aromatic heterocycles. The molecule has 0 aliphatic rings. The van der Waals surface area contributed by atoms with Crippen LogP contribution in [-0.2, 0) is 6.18 Å². The molecule has 6 nitrogen and oxygen atoms in total. The summed E-state index contributed by atoms with van der Waals surface area (Å²) in [5.74, 6) is -0.126. The molecule has 0 saturated heterocycles. The summed E-state index contributed by atoms with van der Waals surface area (Å²) in [6.07, 6.45) is -0.703. The summed E-state index contributed by atoms with van der Waals surface area (Å²) in [4.78, 5) is 16.3. The zero-order valence-electron chi connectivity index (χ0n) is 14.7. The first-order valence-corrected chi connectivity index (χ1v) is 8.35. The van der Waals surface area contributed by atoms with E-state index in [0.717, 1.165) is 25.1 Å². The SMILES string of the molecule is CC(C)c1c(C(=O)NCCCCN)cnn1-c1ccc(C(F)(F)F)cn1. The van der Waals surface area contributed by atoms with Crippen LogP contribution in [0.25, 0.3) is 5.82 Å². The number of alkyl halides is 3. The maximum absolute atomic E-state index is 12.7. The number of hydrogen-bond acceptors (Lipinski definition) is 4.